The number of hydrogen-bond acceptors (Lipinski definition) is 5. The van der Waals surface area contributed by atoms with Crippen LogP contribution in [0.3, 0.4) is 0 Å². The van der Waals surface area contributed by atoms with Crippen LogP contribution < -0.4 is 0 Å². The minimum atomic E-state index is -0.602. The number of aromatic nitrogens is 1. The number of carbonyl (C=O) groups is 2. The molecule has 0 saturated carbocycles. The largest absolute Gasteiger partial charge is 0.452 e. The van der Waals surface area contributed by atoms with Gasteiger partial charge in [0.2, 0.25) is 0 Å². The molecule has 27 heavy (non-hydrogen) atoms. The summed E-state index contributed by atoms with van der Waals surface area (Å²) < 4.78 is 10.5. The lowest BCUT2D eigenvalue weighted by molar-refractivity contribution is -0.132. The van der Waals surface area contributed by atoms with Gasteiger partial charge in [0.25, 0.3) is 5.91 Å². The van der Waals surface area contributed by atoms with E-state index in [9.17, 15) is 9.59 Å². The van der Waals surface area contributed by atoms with E-state index in [4.69, 9.17) is 9.26 Å². The van der Waals surface area contributed by atoms with E-state index in [1.165, 1.54) is 0 Å². The number of aryl methyl sites for hydroxylation is 1. The molecule has 3 rings (SSSR count). The fourth-order valence-electron chi connectivity index (χ4n) is 3.29. The smallest absolute Gasteiger partial charge is 0.344 e. The third-order valence-corrected chi connectivity index (χ3v) is 4.67. The molecule has 0 radical (unpaired) electrons. The summed E-state index contributed by atoms with van der Waals surface area (Å²) in [6, 6.07) is 9.28. The Morgan fingerprint density at radius 2 is 2.00 bits per heavy atom. The summed E-state index contributed by atoms with van der Waals surface area (Å²) in [4.78, 5) is 26.9. The Morgan fingerprint density at radius 3 is 2.67 bits per heavy atom. The van der Waals surface area contributed by atoms with E-state index in [0.717, 1.165) is 36.9 Å². The maximum absolute atomic E-state index is 12.6. The standard InChI is InChI=1S/C21H24N2O4/c1-3-23(17-12-8-5-9-13-17)18(24)14-26-21(25)19-15(2)27-22-20(19)16-10-6-4-7-11-16/h4,6-7,10-12H,3,5,8-9,13-14H2,1-2H3. The molecule has 1 aromatic heterocycles. The van der Waals surface area contributed by atoms with Crippen molar-refractivity contribution >= 4 is 11.9 Å². The molecule has 1 aliphatic carbocycles. The number of amides is 1. The highest BCUT2D eigenvalue weighted by Crippen LogP contribution is 2.26. The zero-order valence-electron chi connectivity index (χ0n) is 15.7. The van der Waals surface area contributed by atoms with Crippen LogP contribution in [0.4, 0.5) is 0 Å². The summed E-state index contributed by atoms with van der Waals surface area (Å²) in [5.41, 5.74) is 2.47. The van der Waals surface area contributed by atoms with Gasteiger partial charge in [0.1, 0.15) is 17.0 Å². The highest BCUT2D eigenvalue weighted by molar-refractivity contribution is 5.98. The maximum atomic E-state index is 12.6. The molecule has 0 saturated heterocycles. The zero-order chi connectivity index (χ0) is 19.2. The number of esters is 1. The maximum Gasteiger partial charge on any atom is 0.344 e. The minimum Gasteiger partial charge on any atom is -0.452 e. The lowest BCUT2D eigenvalue weighted by Crippen LogP contribution is -2.34. The number of ether oxygens (including phenoxy) is 1. The number of benzene rings is 1. The quantitative estimate of drug-likeness (QED) is 0.718. The van der Waals surface area contributed by atoms with Crippen molar-refractivity contribution in [1.29, 1.82) is 0 Å². The first-order chi connectivity index (χ1) is 13.1. The number of hydrogen-bond donors (Lipinski definition) is 0. The van der Waals surface area contributed by atoms with Gasteiger partial charge in [-0.1, -0.05) is 41.6 Å². The third-order valence-electron chi connectivity index (χ3n) is 4.67. The number of rotatable bonds is 6. The Hall–Kier alpha value is -2.89. The van der Waals surface area contributed by atoms with E-state index < -0.39 is 5.97 Å². The van der Waals surface area contributed by atoms with Crippen LogP contribution in [0.1, 0.15) is 48.7 Å². The molecule has 2 aromatic rings. The molecule has 1 amide bonds. The normalized spacial score (nSPS) is 13.8. The van der Waals surface area contributed by atoms with Gasteiger partial charge in [0.15, 0.2) is 6.61 Å². The number of nitrogens with zero attached hydrogens (tertiary/aromatic N) is 2. The van der Waals surface area contributed by atoms with Crippen LogP contribution in [-0.2, 0) is 9.53 Å². The molecule has 0 unspecified atom stereocenters. The molecule has 0 spiro atoms. The monoisotopic (exact) mass is 368 g/mol. The summed E-state index contributed by atoms with van der Waals surface area (Å²) in [5, 5.41) is 3.98. The Balaban J connectivity index is 1.70. The molecule has 142 valence electrons. The highest BCUT2D eigenvalue weighted by atomic mass is 16.5. The summed E-state index contributed by atoms with van der Waals surface area (Å²) in [6.07, 6.45) is 6.20. The van der Waals surface area contributed by atoms with Crippen LogP contribution in [-0.4, -0.2) is 35.1 Å². The van der Waals surface area contributed by atoms with Crippen LogP contribution in [0.5, 0.6) is 0 Å². The first-order valence-electron chi connectivity index (χ1n) is 9.30. The second-order valence-corrected chi connectivity index (χ2v) is 6.48. The zero-order valence-corrected chi connectivity index (χ0v) is 15.7. The van der Waals surface area contributed by atoms with Crippen molar-refractivity contribution in [2.75, 3.05) is 13.2 Å². The van der Waals surface area contributed by atoms with Gasteiger partial charge in [-0.3, -0.25) is 4.79 Å². The number of likely N-dealkylation sites (N-methyl/N-ethyl adjacent to an activating group) is 1. The van der Waals surface area contributed by atoms with Crippen molar-refractivity contribution < 1.29 is 18.8 Å². The topological polar surface area (TPSA) is 72.6 Å². The second kappa shape index (κ2) is 8.66. The van der Waals surface area contributed by atoms with Crippen LogP contribution in [0.25, 0.3) is 11.3 Å². The summed E-state index contributed by atoms with van der Waals surface area (Å²) in [5.74, 6) is -0.447. The lowest BCUT2D eigenvalue weighted by Gasteiger charge is -2.26. The van der Waals surface area contributed by atoms with Crippen LogP contribution >= 0.6 is 0 Å². The molecule has 0 aliphatic heterocycles. The van der Waals surface area contributed by atoms with Crippen molar-refractivity contribution in [3.8, 4) is 11.3 Å². The second-order valence-electron chi connectivity index (χ2n) is 6.48. The lowest BCUT2D eigenvalue weighted by atomic mass is 10.0. The van der Waals surface area contributed by atoms with Crippen molar-refractivity contribution in [3.05, 3.63) is 53.4 Å². The van der Waals surface area contributed by atoms with Crippen molar-refractivity contribution in [3.63, 3.8) is 0 Å². The molecule has 0 N–H and O–H groups in total. The average Bonchev–Trinajstić information content (AvgIpc) is 3.10. The molecule has 0 fully saturated rings. The Morgan fingerprint density at radius 1 is 1.22 bits per heavy atom. The molecule has 0 atom stereocenters. The molecule has 0 bridgehead atoms. The van der Waals surface area contributed by atoms with Gasteiger partial charge in [-0.2, -0.15) is 0 Å². The minimum absolute atomic E-state index is 0.214. The van der Waals surface area contributed by atoms with Gasteiger partial charge in [0.05, 0.1) is 0 Å². The van der Waals surface area contributed by atoms with Gasteiger partial charge in [-0.05, 0) is 39.5 Å². The van der Waals surface area contributed by atoms with Crippen LogP contribution in [0.2, 0.25) is 0 Å². The van der Waals surface area contributed by atoms with E-state index in [1.807, 2.05) is 37.3 Å². The van der Waals surface area contributed by atoms with Gasteiger partial charge in [-0.15, -0.1) is 0 Å². The SMILES string of the molecule is CCN(C(=O)COC(=O)c1c(-c2ccccc2)noc1C)C1=CCCCC1. The average molecular weight is 368 g/mol. The van der Waals surface area contributed by atoms with Crippen molar-refractivity contribution in [1.82, 2.24) is 10.1 Å². The molecule has 1 aliphatic rings. The summed E-state index contributed by atoms with van der Waals surface area (Å²) in [6.45, 7) is 3.84. The number of allylic oxidation sites excluding steroid dienone is 2. The molecule has 6 nitrogen and oxygen atoms in total. The Kier molecular flexibility index (Phi) is 6.06. The fourth-order valence-corrected chi connectivity index (χ4v) is 3.29. The van der Waals surface area contributed by atoms with E-state index in [2.05, 4.69) is 11.2 Å². The van der Waals surface area contributed by atoms with E-state index in [0.29, 0.717) is 18.0 Å². The van der Waals surface area contributed by atoms with E-state index >= 15 is 0 Å². The third kappa shape index (κ3) is 4.27. The first-order valence-corrected chi connectivity index (χ1v) is 9.30. The number of carbonyl (C=O) groups excluding carboxylic acids is 2. The Bertz CT molecular complexity index is 839. The first kappa shape index (κ1) is 18.9. The van der Waals surface area contributed by atoms with E-state index in [1.54, 1.807) is 11.8 Å². The molecule has 6 heteroatoms. The van der Waals surface area contributed by atoms with Gasteiger partial charge in [-0.25, -0.2) is 4.79 Å². The van der Waals surface area contributed by atoms with Crippen molar-refractivity contribution in [2.45, 2.75) is 39.5 Å². The van der Waals surface area contributed by atoms with Gasteiger partial charge < -0.3 is 14.2 Å². The molecule has 1 aromatic carbocycles. The van der Waals surface area contributed by atoms with Gasteiger partial charge >= 0.3 is 5.97 Å². The molecular weight excluding hydrogens is 344 g/mol. The predicted molar refractivity (Wildman–Crippen MR) is 101 cm³/mol. The molecule has 1 heterocycles. The van der Waals surface area contributed by atoms with Gasteiger partial charge in [0, 0.05) is 17.8 Å². The molecular formula is C21H24N2O4. The summed E-state index contributed by atoms with van der Waals surface area (Å²) in [7, 11) is 0. The Labute approximate surface area is 158 Å². The fraction of sp³-hybridized carbons (Fsp3) is 0.381. The van der Waals surface area contributed by atoms with Crippen molar-refractivity contribution in [2.24, 2.45) is 0 Å². The summed E-state index contributed by atoms with van der Waals surface area (Å²) >= 11 is 0. The highest BCUT2D eigenvalue weighted by Gasteiger charge is 2.25. The van der Waals surface area contributed by atoms with E-state index in [-0.39, 0.29) is 18.1 Å². The van der Waals surface area contributed by atoms with Crippen LogP contribution in [0, 0.1) is 6.92 Å². The predicted octanol–water partition coefficient (Wildman–Crippen LogP) is 4.11. The van der Waals surface area contributed by atoms with Crippen LogP contribution in [0.15, 0.2) is 46.6 Å².